The Hall–Kier alpha value is -3.23. The van der Waals surface area contributed by atoms with Crippen molar-refractivity contribution in [2.45, 2.75) is 19.1 Å². The molecule has 9 heteroatoms. The van der Waals surface area contributed by atoms with E-state index in [-0.39, 0.29) is 17.8 Å². The lowest BCUT2D eigenvalue weighted by Gasteiger charge is -2.21. The largest absolute Gasteiger partial charge is 0.472 e. The number of amides is 2. The van der Waals surface area contributed by atoms with Gasteiger partial charge in [-0.1, -0.05) is 11.6 Å². The second-order valence-electron chi connectivity index (χ2n) is 7.22. The Morgan fingerprint density at radius 3 is 2.69 bits per heavy atom. The number of furan rings is 1. The van der Waals surface area contributed by atoms with Crippen molar-refractivity contribution in [1.29, 1.82) is 0 Å². The third-order valence-electron chi connectivity index (χ3n) is 5.13. The predicted octanol–water partition coefficient (Wildman–Crippen LogP) is 3.50. The molecule has 1 aliphatic rings. The number of H-pyrrole nitrogens is 1. The highest BCUT2D eigenvalue weighted by Gasteiger charge is 2.51. The van der Waals surface area contributed by atoms with Crippen molar-refractivity contribution >= 4 is 22.7 Å². The number of aryl methyl sites for hydroxylation is 1. The fourth-order valence-corrected chi connectivity index (χ4v) is 3.63. The molecule has 0 aliphatic carbocycles. The lowest BCUT2D eigenvalue weighted by Crippen LogP contribution is -2.45. The zero-order valence-corrected chi connectivity index (χ0v) is 15.4. The normalized spacial score (nSPS) is 19.7. The van der Waals surface area contributed by atoms with Gasteiger partial charge in [0.1, 0.15) is 12.0 Å². The summed E-state index contributed by atoms with van der Waals surface area (Å²) in [6.45, 7) is 1.16. The van der Waals surface area contributed by atoms with Crippen LogP contribution in [0.1, 0.15) is 26.4 Å². The van der Waals surface area contributed by atoms with Crippen LogP contribution in [0.3, 0.4) is 0 Å². The number of carbonyl (C=O) groups is 2. The number of aromatic nitrogens is 1. The maximum absolute atomic E-state index is 13.5. The van der Waals surface area contributed by atoms with Crippen molar-refractivity contribution in [2.75, 3.05) is 13.1 Å². The number of alkyl halides is 3. The molecule has 0 saturated carbocycles. The lowest BCUT2D eigenvalue weighted by molar-refractivity contribution is -0.174. The van der Waals surface area contributed by atoms with Crippen LogP contribution >= 0.6 is 0 Å². The van der Waals surface area contributed by atoms with Crippen LogP contribution in [-0.4, -0.2) is 47.0 Å². The molecule has 1 aliphatic heterocycles. The van der Waals surface area contributed by atoms with Gasteiger partial charge in [-0.2, -0.15) is 13.2 Å². The maximum atomic E-state index is 13.5. The number of hydrogen-bond acceptors (Lipinski definition) is 3. The Kier molecular flexibility index (Phi) is 4.60. The van der Waals surface area contributed by atoms with Gasteiger partial charge in [-0.3, -0.25) is 9.59 Å². The summed E-state index contributed by atoms with van der Waals surface area (Å²) in [6, 6.07) is 7.33. The van der Waals surface area contributed by atoms with Crippen molar-refractivity contribution < 1.29 is 27.2 Å². The van der Waals surface area contributed by atoms with Crippen molar-refractivity contribution in [2.24, 2.45) is 5.92 Å². The van der Waals surface area contributed by atoms with Crippen LogP contribution in [0.5, 0.6) is 0 Å². The average Bonchev–Trinajstić information content (AvgIpc) is 3.39. The number of rotatable bonds is 3. The molecule has 3 aromatic rings. The molecule has 1 fully saturated rings. The van der Waals surface area contributed by atoms with Gasteiger partial charge in [-0.15, -0.1) is 0 Å². The van der Waals surface area contributed by atoms with Crippen LogP contribution in [0.2, 0.25) is 0 Å². The number of hydrogen-bond donors (Lipinski definition) is 2. The van der Waals surface area contributed by atoms with Gasteiger partial charge in [-0.25, -0.2) is 0 Å². The second kappa shape index (κ2) is 6.98. The monoisotopic (exact) mass is 405 g/mol. The number of nitrogens with one attached hydrogen (secondary N) is 2. The molecule has 152 valence electrons. The summed E-state index contributed by atoms with van der Waals surface area (Å²) in [7, 11) is 0. The third kappa shape index (κ3) is 3.72. The van der Waals surface area contributed by atoms with Crippen LogP contribution in [-0.2, 0) is 0 Å². The number of nitrogens with zero attached hydrogens (tertiary/aromatic N) is 1. The molecule has 0 bridgehead atoms. The molecule has 29 heavy (non-hydrogen) atoms. The number of halogens is 3. The van der Waals surface area contributed by atoms with E-state index >= 15 is 0 Å². The van der Waals surface area contributed by atoms with Gasteiger partial charge >= 0.3 is 6.18 Å². The number of carbonyl (C=O) groups excluding carboxylic acids is 2. The molecule has 2 N–H and O–H groups in total. The first kappa shape index (κ1) is 19.1. The summed E-state index contributed by atoms with van der Waals surface area (Å²) in [6.07, 6.45) is -2.14. The molecule has 2 atom stereocenters. The molecular formula is C20H18F3N3O3. The quantitative estimate of drug-likeness (QED) is 0.700. The van der Waals surface area contributed by atoms with Gasteiger partial charge in [0.2, 0.25) is 0 Å². The van der Waals surface area contributed by atoms with Crippen molar-refractivity contribution in [3.05, 3.63) is 59.7 Å². The molecule has 2 aromatic heterocycles. The summed E-state index contributed by atoms with van der Waals surface area (Å²) in [4.78, 5) is 29.1. The summed E-state index contributed by atoms with van der Waals surface area (Å²) >= 11 is 0. The molecule has 0 spiro atoms. The van der Waals surface area contributed by atoms with Crippen molar-refractivity contribution in [1.82, 2.24) is 15.2 Å². The summed E-state index contributed by atoms with van der Waals surface area (Å²) in [5.74, 6) is -3.06. The smallest absolute Gasteiger partial charge is 0.395 e. The second-order valence-corrected chi connectivity index (χ2v) is 7.22. The van der Waals surface area contributed by atoms with E-state index in [4.69, 9.17) is 4.42 Å². The molecule has 6 nitrogen and oxygen atoms in total. The Bertz CT molecular complexity index is 1060. The lowest BCUT2D eigenvalue weighted by atomic mass is 10.0. The van der Waals surface area contributed by atoms with E-state index < -0.39 is 36.5 Å². The first-order valence-corrected chi connectivity index (χ1v) is 9.01. The van der Waals surface area contributed by atoms with Crippen LogP contribution in [0, 0.1) is 12.8 Å². The zero-order chi connectivity index (χ0) is 20.8. The summed E-state index contributed by atoms with van der Waals surface area (Å²) < 4.78 is 45.4. The molecule has 4 rings (SSSR count). The van der Waals surface area contributed by atoms with Crippen molar-refractivity contribution in [3.8, 4) is 0 Å². The molecule has 1 saturated heterocycles. The maximum Gasteiger partial charge on any atom is 0.395 e. The van der Waals surface area contributed by atoms with Gasteiger partial charge in [0.15, 0.2) is 0 Å². The highest BCUT2D eigenvalue weighted by atomic mass is 19.4. The van der Waals surface area contributed by atoms with Crippen LogP contribution in [0.25, 0.3) is 10.9 Å². The van der Waals surface area contributed by atoms with E-state index in [1.54, 1.807) is 6.07 Å². The van der Waals surface area contributed by atoms with Gasteiger partial charge in [0.05, 0.1) is 23.8 Å². The molecule has 0 radical (unpaired) electrons. The molecule has 2 amide bonds. The van der Waals surface area contributed by atoms with Gasteiger partial charge < -0.3 is 19.6 Å². The van der Waals surface area contributed by atoms with E-state index in [2.05, 4.69) is 10.3 Å². The number of likely N-dealkylation sites (tertiary alicyclic amines) is 1. The van der Waals surface area contributed by atoms with E-state index in [0.29, 0.717) is 0 Å². The van der Waals surface area contributed by atoms with Gasteiger partial charge in [-0.05, 0) is 31.2 Å². The highest BCUT2D eigenvalue weighted by molar-refractivity contribution is 5.98. The average molecular weight is 405 g/mol. The van der Waals surface area contributed by atoms with Gasteiger partial charge in [0, 0.05) is 24.0 Å². The van der Waals surface area contributed by atoms with E-state index in [9.17, 15) is 22.8 Å². The summed E-state index contributed by atoms with van der Waals surface area (Å²) in [5.41, 5.74) is 2.08. The van der Waals surface area contributed by atoms with Crippen molar-refractivity contribution in [3.63, 3.8) is 0 Å². The Morgan fingerprint density at radius 1 is 1.21 bits per heavy atom. The number of benzene rings is 1. The van der Waals surface area contributed by atoms with Crippen LogP contribution < -0.4 is 5.32 Å². The first-order chi connectivity index (χ1) is 13.7. The summed E-state index contributed by atoms with van der Waals surface area (Å²) in [5, 5.41) is 3.20. The molecule has 1 aromatic carbocycles. The highest BCUT2D eigenvalue weighted by Crippen LogP contribution is 2.34. The van der Waals surface area contributed by atoms with E-state index in [1.807, 2.05) is 25.1 Å². The molecular weight excluding hydrogens is 387 g/mol. The minimum absolute atomic E-state index is 0.127. The topological polar surface area (TPSA) is 78.3 Å². The zero-order valence-electron chi connectivity index (χ0n) is 15.4. The third-order valence-corrected chi connectivity index (χ3v) is 5.13. The minimum atomic E-state index is -4.55. The molecule has 3 heterocycles. The van der Waals surface area contributed by atoms with Crippen LogP contribution in [0.4, 0.5) is 13.2 Å². The number of aromatic amines is 1. The Labute approximate surface area is 163 Å². The fourth-order valence-electron chi connectivity index (χ4n) is 3.63. The van der Waals surface area contributed by atoms with Gasteiger partial charge in [0.25, 0.3) is 11.8 Å². The SMILES string of the molecule is Cc1ccc2[nH]c(C(=O)N3C[C@@H](C(F)(F)F)[C@H](NC(=O)c4ccoc4)C3)cc2c1. The van der Waals surface area contributed by atoms with Crippen LogP contribution in [0.15, 0.2) is 47.3 Å². The Morgan fingerprint density at radius 2 is 2.00 bits per heavy atom. The first-order valence-electron chi connectivity index (χ1n) is 9.01. The van der Waals surface area contributed by atoms with E-state index in [0.717, 1.165) is 27.6 Å². The standard InChI is InChI=1S/C20H18F3N3O3/c1-11-2-3-15-13(6-11)7-16(24-15)19(28)26-8-14(20(21,22)23)17(9-26)25-18(27)12-4-5-29-10-12/h2-7,10,14,17,24H,8-9H2,1H3,(H,25,27)/t14-,17-/m1/s1. The Balaban J connectivity index is 1.55. The van der Waals surface area contributed by atoms with E-state index in [1.165, 1.54) is 12.3 Å². The predicted molar refractivity (Wildman–Crippen MR) is 98.4 cm³/mol. The fraction of sp³-hybridized carbons (Fsp3) is 0.300. The molecule has 0 unspecified atom stereocenters. The number of fused-ring (bicyclic) bond motifs is 1. The minimum Gasteiger partial charge on any atom is -0.472 e.